The number of benzene rings is 1. The molecule has 0 aliphatic heterocycles. The molecule has 3 nitrogen and oxygen atoms in total. The molecule has 6 heteroatoms. The van der Waals surface area contributed by atoms with E-state index in [0.717, 1.165) is 35.2 Å². The van der Waals surface area contributed by atoms with Gasteiger partial charge in [0, 0.05) is 4.88 Å². The third kappa shape index (κ3) is 2.60. The summed E-state index contributed by atoms with van der Waals surface area (Å²) in [4.78, 5) is 21.7. The van der Waals surface area contributed by atoms with Crippen molar-refractivity contribution in [2.24, 2.45) is 0 Å². The van der Waals surface area contributed by atoms with Gasteiger partial charge in [0.25, 0.3) is 5.56 Å². The van der Waals surface area contributed by atoms with E-state index in [1.807, 2.05) is 0 Å². The van der Waals surface area contributed by atoms with Gasteiger partial charge in [0.15, 0.2) is 5.82 Å². The molecule has 1 aliphatic rings. The minimum absolute atomic E-state index is 0.143. The van der Waals surface area contributed by atoms with Crippen molar-refractivity contribution in [3.05, 3.63) is 62.3 Å². The molecule has 4 rings (SSSR count). The smallest absolute Gasteiger partial charge is 0.260 e. The topological polar surface area (TPSA) is 45.8 Å². The Morgan fingerprint density at radius 2 is 2.09 bits per heavy atom. The summed E-state index contributed by atoms with van der Waals surface area (Å²) in [5.41, 5.74) is 1.74. The number of aromatic amines is 1. The lowest BCUT2D eigenvalue weighted by Gasteiger charge is -2.01. The predicted molar refractivity (Wildman–Crippen MR) is 92.4 cm³/mol. The normalized spacial score (nSPS) is 14.4. The highest BCUT2D eigenvalue weighted by Crippen LogP contribution is 2.35. The molecule has 2 aromatic heterocycles. The van der Waals surface area contributed by atoms with Crippen LogP contribution in [0.5, 0.6) is 0 Å². The number of thiophene rings is 1. The molecule has 23 heavy (non-hydrogen) atoms. The molecular weight excluding hydrogens is 335 g/mol. The van der Waals surface area contributed by atoms with E-state index < -0.39 is 0 Å². The fraction of sp³-hybridized carbons (Fsp3) is 0.176. The molecule has 0 atom stereocenters. The van der Waals surface area contributed by atoms with Gasteiger partial charge < -0.3 is 4.98 Å². The Bertz CT molecular complexity index is 988. The SMILES string of the molecule is O=c1[nH]c(C(Cl)=Cc2ccc(F)cc2)nc2sc3c(c12)CCC3. The zero-order valence-corrected chi connectivity index (χ0v) is 13.6. The third-order valence-electron chi connectivity index (χ3n) is 3.96. The van der Waals surface area contributed by atoms with E-state index in [9.17, 15) is 9.18 Å². The largest absolute Gasteiger partial charge is 0.305 e. The maximum absolute atomic E-state index is 12.9. The van der Waals surface area contributed by atoms with E-state index in [0.29, 0.717) is 16.2 Å². The lowest BCUT2D eigenvalue weighted by atomic mass is 10.2. The van der Waals surface area contributed by atoms with Crippen molar-refractivity contribution < 1.29 is 4.39 Å². The molecule has 1 aromatic carbocycles. The highest BCUT2D eigenvalue weighted by atomic mass is 35.5. The molecule has 0 amide bonds. The molecule has 1 aliphatic carbocycles. The molecule has 116 valence electrons. The number of hydrogen-bond donors (Lipinski definition) is 1. The molecule has 0 radical (unpaired) electrons. The summed E-state index contributed by atoms with van der Waals surface area (Å²) >= 11 is 7.86. The van der Waals surface area contributed by atoms with E-state index >= 15 is 0 Å². The standard InChI is InChI=1S/C17H12ClFN2OS/c18-12(8-9-4-6-10(19)7-5-9)15-20-16(22)14-11-2-1-3-13(11)23-17(14)21-15/h4-8H,1-3H2,(H,20,21,22). The van der Waals surface area contributed by atoms with E-state index in [1.165, 1.54) is 17.0 Å². The second-order valence-electron chi connectivity index (χ2n) is 5.50. The maximum atomic E-state index is 12.9. The van der Waals surface area contributed by atoms with Crippen LogP contribution < -0.4 is 5.56 Å². The fourth-order valence-electron chi connectivity index (χ4n) is 2.89. The molecule has 0 fully saturated rings. The first-order valence-electron chi connectivity index (χ1n) is 7.29. The van der Waals surface area contributed by atoms with Crippen LogP contribution in [0.2, 0.25) is 0 Å². The quantitative estimate of drug-likeness (QED) is 0.749. The molecule has 3 aromatic rings. The lowest BCUT2D eigenvalue weighted by molar-refractivity contribution is 0.628. The van der Waals surface area contributed by atoms with Crippen LogP contribution in [-0.2, 0) is 12.8 Å². The van der Waals surface area contributed by atoms with Gasteiger partial charge in [0.2, 0.25) is 0 Å². The van der Waals surface area contributed by atoms with Gasteiger partial charge >= 0.3 is 0 Å². The van der Waals surface area contributed by atoms with Crippen LogP contribution in [0.1, 0.15) is 28.2 Å². The Morgan fingerprint density at radius 1 is 1.30 bits per heavy atom. The second-order valence-corrected chi connectivity index (χ2v) is 6.99. The van der Waals surface area contributed by atoms with E-state index in [-0.39, 0.29) is 11.4 Å². The Morgan fingerprint density at radius 3 is 2.87 bits per heavy atom. The zero-order chi connectivity index (χ0) is 16.0. The molecule has 2 heterocycles. The van der Waals surface area contributed by atoms with Crippen LogP contribution in [0.3, 0.4) is 0 Å². The minimum atomic E-state index is -0.306. The van der Waals surface area contributed by atoms with Crippen LogP contribution in [0.4, 0.5) is 4.39 Å². The number of halogens is 2. The highest BCUT2D eigenvalue weighted by molar-refractivity contribution is 7.18. The molecular formula is C17H12ClFN2OS. The number of fused-ring (bicyclic) bond motifs is 3. The van der Waals surface area contributed by atoms with E-state index in [2.05, 4.69) is 9.97 Å². The summed E-state index contributed by atoms with van der Waals surface area (Å²) < 4.78 is 12.9. The summed E-state index contributed by atoms with van der Waals surface area (Å²) in [7, 11) is 0. The van der Waals surface area contributed by atoms with Crippen molar-refractivity contribution in [3.63, 3.8) is 0 Å². The Balaban J connectivity index is 1.80. The van der Waals surface area contributed by atoms with Gasteiger partial charge in [-0.3, -0.25) is 4.79 Å². The number of rotatable bonds is 2. The lowest BCUT2D eigenvalue weighted by Crippen LogP contribution is -2.10. The van der Waals surface area contributed by atoms with Crippen molar-refractivity contribution in [1.82, 2.24) is 9.97 Å². The average Bonchev–Trinajstić information content (AvgIpc) is 3.09. The Labute approximate surface area is 140 Å². The Kier molecular flexibility index (Phi) is 3.54. The monoisotopic (exact) mass is 346 g/mol. The first-order chi connectivity index (χ1) is 11.1. The molecule has 1 N–H and O–H groups in total. The van der Waals surface area contributed by atoms with Gasteiger partial charge in [-0.05, 0) is 48.6 Å². The van der Waals surface area contributed by atoms with Gasteiger partial charge in [0.1, 0.15) is 10.6 Å². The summed E-state index contributed by atoms with van der Waals surface area (Å²) in [5, 5.41) is 1.03. The van der Waals surface area contributed by atoms with Gasteiger partial charge in [-0.25, -0.2) is 9.37 Å². The molecule has 0 saturated carbocycles. The first kappa shape index (κ1) is 14.6. The third-order valence-corrected chi connectivity index (χ3v) is 5.44. The number of aromatic nitrogens is 2. The first-order valence-corrected chi connectivity index (χ1v) is 8.49. The second kappa shape index (κ2) is 5.58. The van der Waals surface area contributed by atoms with E-state index in [1.54, 1.807) is 29.5 Å². The summed E-state index contributed by atoms with van der Waals surface area (Å²) in [6.45, 7) is 0. The van der Waals surface area contributed by atoms with Crippen molar-refractivity contribution in [1.29, 1.82) is 0 Å². The van der Waals surface area contributed by atoms with Crippen molar-refractivity contribution in [2.75, 3.05) is 0 Å². The number of hydrogen-bond acceptors (Lipinski definition) is 3. The van der Waals surface area contributed by atoms with Gasteiger partial charge in [0.05, 0.1) is 10.4 Å². The molecule has 0 bridgehead atoms. The van der Waals surface area contributed by atoms with Crippen LogP contribution in [0, 0.1) is 5.82 Å². The number of nitrogens with zero attached hydrogens (tertiary/aromatic N) is 1. The van der Waals surface area contributed by atoms with Crippen LogP contribution >= 0.6 is 22.9 Å². The van der Waals surface area contributed by atoms with Crippen LogP contribution in [0.25, 0.3) is 21.3 Å². The van der Waals surface area contributed by atoms with Crippen molar-refractivity contribution in [2.45, 2.75) is 19.3 Å². The zero-order valence-electron chi connectivity index (χ0n) is 12.0. The molecule has 0 spiro atoms. The minimum Gasteiger partial charge on any atom is -0.305 e. The summed E-state index contributed by atoms with van der Waals surface area (Å²) in [5.74, 6) is 0.0349. The highest BCUT2D eigenvalue weighted by Gasteiger charge is 2.21. The van der Waals surface area contributed by atoms with Crippen LogP contribution in [0.15, 0.2) is 29.1 Å². The van der Waals surface area contributed by atoms with Crippen molar-refractivity contribution >= 4 is 44.3 Å². The average molecular weight is 347 g/mol. The summed E-state index contributed by atoms with van der Waals surface area (Å²) in [6, 6.07) is 5.96. The Hall–Kier alpha value is -1.98. The number of nitrogens with one attached hydrogen (secondary N) is 1. The molecule has 0 saturated heterocycles. The van der Waals surface area contributed by atoms with Crippen molar-refractivity contribution in [3.8, 4) is 0 Å². The van der Waals surface area contributed by atoms with Gasteiger partial charge in [-0.1, -0.05) is 23.7 Å². The van der Waals surface area contributed by atoms with Gasteiger partial charge in [-0.2, -0.15) is 0 Å². The predicted octanol–water partition coefficient (Wildman–Crippen LogP) is 4.35. The number of H-pyrrole nitrogens is 1. The van der Waals surface area contributed by atoms with Crippen LogP contribution in [-0.4, -0.2) is 9.97 Å². The fourth-order valence-corrected chi connectivity index (χ4v) is 4.37. The summed E-state index contributed by atoms with van der Waals surface area (Å²) in [6.07, 6.45) is 4.72. The van der Waals surface area contributed by atoms with Gasteiger partial charge in [-0.15, -0.1) is 11.3 Å². The number of aryl methyl sites for hydroxylation is 2. The maximum Gasteiger partial charge on any atom is 0.260 e. The molecule has 0 unspecified atom stereocenters. The van der Waals surface area contributed by atoms with E-state index in [4.69, 9.17) is 11.6 Å².